The summed E-state index contributed by atoms with van der Waals surface area (Å²) in [6.45, 7) is 2.46. The van der Waals surface area contributed by atoms with E-state index in [0.29, 0.717) is 18.8 Å². The second-order valence-electron chi connectivity index (χ2n) is 8.87. The number of hydrogen-bond donors (Lipinski definition) is 5. The number of methoxy groups -OCH3 is 1. The number of halogens is 3. The van der Waals surface area contributed by atoms with Gasteiger partial charge in [0.15, 0.2) is 23.3 Å². The van der Waals surface area contributed by atoms with Crippen LogP contribution in [0.15, 0.2) is 48.7 Å². The molecule has 2 aromatic heterocycles. The molecule has 2 amide bonds. The minimum atomic E-state index is -1.39. The highest BCUT2D eigenvalue weighted by Crippen LogP contribution is 2.30. The predicted octanol–water partition coefficient (Wildman–Crippen LogP) is 4.15. The van der Waals surface area contributed by atoms with Crippen LogP contribution in [0.5, 0.6) is 0 Å². The molecule has 4 aromatic rings. The van der Waals surface area contributed by atoms with E-state index in [9.17, 15) is 23.5 Å². The van der Waals surface area contributed by atoms with Gasteiger partial charge in [0.2, 0.25) is 0 Å². The Balaban J connectivity index is 1.70. The molecule has 6 N–H and O–H groups in total. The topological polar surface area (TPSA) is 156 Å². The van der Waals surface area contributed by atoms with Gasteiger partial charge < -0.3 is 31.5 Å². The SMILES string of the molecule is COCCn1ncc2cc(Nc3nc(N[C@H](c4ccc(F)c(F)c4)[C@H](C)NC(=O)O)c(F)cc3C(N)=O)ccc21. The van der Waals surface area contributed by atoms with Crippen molar-refractivity contribution < 1.29 is 32.6 Å². The molecule has 210 valence electrons. The van der Waals surface area contributed by atoms with Crippen molar-refractivity contribution in [2.24, 2.45) is 5.73 Å². The summed E-state index contributed by atoms with van der Waals surface area (Å²) in [4.78, 5) is 27.6. The molecular formula is C26H26F3N7O4. The summed E-state index contributed by atoms with van der Waals surface area (Å²) in [6, 6.07) is 7.05. The number of nitrogens with zero attached hydrogens (tertiary/aromatic N) is 3. The molecule has 2 atom stereocenters. The highest BCUT2D eigenvalue weighted by molar-refractivity contribution is 5.99. The van der Waals surface area contributed by atoms with Crippen LogP contribution < -0.4 is 21.7 Å². The van der Waals surface area contributed by atoms with Crippen LogP contribution in [0.1, 0.15) is 28.9 Å². The Morgan fingerprint density at radius 3 is 2.52 bits per heavy atom. The van der Waals surface area contributed by atoms with E-state index in [1.54, 1.807) is 36.2 Å². The number of carbonyl (C=O) groups excluding carboxylic acids is 1. The zero-order valence-electron chi connectivity index (χ0n) is 21.4. The quantitative estimate of drug-likeness (QED) is 0.184. The van der Waals surface area contributed by atoms with Crippen LogP contribution in [0.3, 0.4) is 0 Å². The number of fused-ring (bicyclic) bond motifs is 1. The van der Waals surface area contributed by atoms with Crippen LogP contribution in [0.2, 0.25) is 0 Å². The number of primary amides is 1. The van der Waals surface area contributed by atoms with Crippen LogP contribution in [0.4, 0.5) is 35.3 Å². The van der Waals surface area contributed by atoms with Gasteiger partial charge in [0, 0.05) is 18.2 Å². The Morgan fingerprint density at radius 2 is 1.85 bits per heavy atom. The maximum atomic E-state index is 15.1. The Hall–Kier alpha value is -4.85. The van der Waals surface area contributed by atoms with Crippen LogP contribution in [-0.2, 0) is 11.3 Å². The molecule has 0 bridgehead atoms. The Labute approximate surface area is 226 Å². The third kappa shape index (κ3) is 6.23. The van der Waals surface area contributed by atoms with E-state index in [-0.39, 0.29) is 16.9 Å². The number of benzene rings is 2. The lowest BCUT2D eigenvalue weighted by Gasteiger charge is -2.27. The zero-order chi connectivity index (χ0) is 29.0. The van der Waals surface area contributed by atoms with Crippen LogP contribution in [-0.4, -0.2) is 51.6 Å². The predicted molar refractivity (Wildman–Crippen MR) is 141 cm³/mol. The molecule has 0 aliphatic heterocycles. The molecule has 0 aliphatic carbocycles. The third-order valence-electron chi connectivity index (χ3n) is 6.10. The number of hydrogen-bond acceptors (Lipinski definition) is 7. The summed E-state index contributed by atoms with van der Waals surface area (Å²) in [5.41, 5.74) is 6.66. The maximum absolute atomic E-state index is 15.1. The summed E-state index contributed by atoms with van der Waals surface area (Å²) < 4.78 is 49.6. The van der Waals surface area contributed by atoms with Crippen molar-refractivity contribution >= 4 is 40.2 Å². The number of ether oxygens (including phenoxy) is 1. The van der Waals surface area contributed by atoms with Crippen molar-refractivity contribution in [3.63, 3.8) is 0 Å². The van der Waals surface area contributed by atoms with Gasteiger partial charge in [0.25, 0.3) is 5.91 Å². The van der Waals surface area contributed by atoms with Gasteiger partial charge in [-0.2, -0.15) is 5.10 Å². The van der Waals surface area contributed by atoms with Gasteiger partial charge in [-0.3, -0.25) is 9.48 Å². The van der Waals surface area contributed by atoms with E-state index in [0.717, 1.165) is 29.1 Å². The van der Waals surface area contributed by atoms with Crippen molar-refractivity contribution in [2.45, 2.75) is 25.6 Å². The van der Waals surface area contributed by atoms with E-state index >= 15 is 4.39 Å². The van der Waals surface area contributed by atoms with Crippen molar-refractivity contribution in [2.75, 3.05) is 24.4 Å². The molecule has 0 aliphatic rings. The van der Waals surface area contributed by atoms with Gasteiger partial charge in [-0.25, -0.2) is 22.9 Å². The van der Waals surface area contributed by atoms with Crippen molar-refractivity contribution in [3.05, 3.63) is 77.2 Å². The molecule has 4 rings (SSSR count). The standard InChI is InChI=1S/C26H26F3N7O4/c1-13(32-26(38)39)22(14-3-5-18(27)19(28)10-14)34-25-20(29)11-17(23(30)37)24(35-25)33-16-4-6-21-15(9-16)12-31-36(21)7-8-40-2/h3-6,9-13,22,32H,7-8H2,1-2H3,(H2,30,37)(H,38,39)(H2,33,34,35)/t13-,22-/m0/s1. The Morgan fingerprint density at radius 1 is 1.07 bits per heavy atom. The number of aromatic nitrogens is 3. The maximum Gasteiger partial charge on any atom is 0.404 e. The van der Waals surface area contributed by atoms with Gasteiger partial charge in [0.1, 0.15) is 5.82 Å². The van der Waals surface area contributed by atoms with Crippen LogP contribution in [0.25, 0.3) is 10.9 Å². The second-order valence-corrected chi connectivity index (χ2v) is 8.87. The molecule has 0 saturated heterocycles. The first-order valence-electron chi connectivity index (χ1n) is 12.0. The number of pyridine rings is 1. The highest BCUT2D eigenvalue weighted by atomic mass is 19.2. The van der Waals surface area contributed by atoms with Crippen molar-refractivity contribution in [3.8, 4) is 0 Å². The second kappa shape index (κ2) is 11.9. The van der Waals surface area contributed by atoms with E-state index in [4.69, 9.17) is 10.5 Å². The molecule has 2 aromatic carbocycles. The molecule has 0 saturated carbocycles. The van der Waals surface area contributed by atoms with Gasteiger partial charge in [-0.1, -0.05) is 6.07 Å². The monoisotopic (exact) mass is 557 g/mol. The van der Waals surface area contributed by atoms with Gasteiger partial charge in [-0.05, 0) is 48.9 Å². The fourth-order valence-corrected chi connectivity index (χ4v) is 4.16. The fourth-order valence-electron chi connectivity index (χ4n) is 4.16. The molecule has 0 unspecified atom stereocenters. The molecule has 0 fully saturated rings. The number of carbonyl (C=O) groups is 2. The summed E-state index contributed by atoms with van der Waals surface area (Å²) in [5.74, 6) is -4.70. The lowest BCUT2D eigenvalue weighted by Crippen LogP contribution is -2.39. The van der Waals surface area contributed by atoms with E-state index in [2.05, 4.69) is 26.0 Å². The minimum Gasteiger partial charge on any atom is -0.465 e. The van der Waals surface area contributed by atoms with Gasteiger partial charge in [0.05, 0.1) is 42.5 Å². The van der Waals surface area contributed by atoms with Crippen LogP contribution >= 0.6 is 0 Å². The first kappa shape index (κ1) is 28.2. The van der Waals surface area contributed by atoms with Crippen molar-refractivity contribution in [1.82, 2.24) is 20.1 Å². The van der Waals surface area contributed by atoms with Gasteiger partial charge >= 0.3 is 6.09 Å². The molecule has 40 heavy (non-hydrogen) atoms. The number of carboxylic acid groups (broad SMARTS) is 1. The third-order valence-corrected chi connectivity index (χ3v) is 6.10. The highest BCUT2D eigenvalue weighted by Gasteiger charge is 2.25. The number of rotatable bonds is 11. The normalized spacial score (nSPS) is 12.6. The summed E-state index contributed by atoms with van der Waals surface area (Å²) in [6.07, 6.45) is 0.266. The summed E-state index contributed by atoms with van der Waals surface area (Å²) in [5, 5.41) is 22.2. The van der Waals surface area contributed by atoms with E-state index < -0.39 is 47.4 Å². The number of amides is 2. The zero-order valence-corrected chi connectivity index (χ0v) is 21.4. The van der Waals surface area contributed by atoms with Crippen molar-refractivity contribution in [1.29, 1.82) is 0 Å². The first-order chi connectivity index (χ1) is 19.1. The van der Waals surface area contributed by atoms with Gasteiger partial charge in [-0.15, -0.1) is 0 Å². The fraction of sp³-hybridized carbons (Fsp3) is 0.231. The van der Waals surface area contributed by atoms with E-state index in [1.165, 1.54) is 13.0 Å². The van der Waals surface area contributed by atoms with Crippen LogP contribution in [0, 0.1) is 17.5 Å². The molecular weight excluding hydrogens is 531 g/mol. The number of nitrogens with two attached hydrogens (primary N) is 1. The lowest BCUT2D eigenvalue weighted by atomic mass is 10.00. The Kier molecular flexibility index (Phi) is 8.38. The minimum absolute atomic E-state index is 0.0922. The summed E-state index contributed by atoms with van der Waals surface area (Å²) >= 11 is 0. The molecule has 2 heterocycles. The average molecular weight is 558 g/mol. The summed E-state index contributed by atoms with van der Waals surface area (Å²) in [7, 11) is 1.59. The molecule has 0 spiro atoms. The van der Waals surface area contributed by atoms with E-state index in [1.807, 2.05) is 0 Å². The molecule has 0 radical (unpaired) electrons. The first-order valence-corrected chi connectivity index (χ1v) is 12.0. The number of nitrogens with one attached hydrogen (secondary N) is 3. The lowest BCUT2D eigenvalue weighted by molar-refractivity contribution is 0.1000. The average Bonchev–Trinajstić information content (AvgIpc) is 3.30. The number of anilines is 3. The molecule has 14 heteroatoms. The Bertz CT molecular complexity index is 1560. The largest absolute Gasteiger partial charge is 0.465 e. The molecule has 11 nitrogen and oxygen atoms in total. The smallest absolute Gasteiger partial charge is 0.404 e.